The SMILES string of the molecule is CN(C)N=Cc1ccc2ccccc2n1. The summed E-state index contributed by atoms with van der Waals surface area (Å²) < 4.78 is 0. The minimum absolute atomic E-state index is 0.877. The maximum absolute atomic E-state index is 4.47. The minimum atomic E-state index is 0.877. The summed E-state index contributed by atoms with van der Waals surface area (Å²) in [6.07, 6.45) is 1.76. The Hall–Kier alpha value is -1.90. The van der Waals surface area contributed by atoms with E-state index in [4.69, 9.17) is 0 Å². The van der Waals surface area contributed by atoms with Crippen molar-refractivity contribution in [1.82, 2.24) is 9.99 Å². The number of rotatable bonds is 2. The monoisotopic (exact) mass is 199 g/mol. The molecule has 0 saturated carbocycles. The number of hydrogen-bond donors (Lipinski definition) is 0. The van der Waals surface area contributed by atoms with Crippen LogP contribution in [0.1, 0.15) is 5.69 Å². The van der Waals surface area contributed by atoms with Crippen LogP contribution in [0.2, 0.25) is 0 Å². The molecule has 1 heterocycles. The number of pyridine rings is 1. The summed E-state index contributed by atoms with van der Waals surface area (Å²) in [7, 11) is 3.77. The molecule has 0 aliphatic carbocycles. The Balaban J connectivity index is 2.39. The van der Waals surface area contributed by atoms with Gasteiger partial charge in [-0.3, -0.25) is 0 Å². The van der Waals surface area contributed by atoms with Crippen molar-refractivity contribution in [3.8, 4) is 0 Å². The molecule has 0 amide bonds. The first kappa shape index (κ1) is 9.65. The molecule has 2 aromatic rings. The van der Waals surface area contributed by atoms with E-state index >= 15 is 0 Å². The quantitative estimate of drug-likeness (QED) is 0.547. The third-order valence-corrected chi connectivity index (χ3v) is 2.04. The van der Waals surface area contributed by atoms with Gasteiger partial charge in [0.2, 0.25) is 0 Å². The molecule has 0 spiro atoms. The predicted octanol–water partition coefficient (Wildman–Crippen LogP) is 2.13. The molecule has 0 atom stereocenters. The summed E-state index contributed by atoms with van der Waals surface area (Å²) in [5, 5.41) is 7.05. The van der Waals surface area contributed by atoms with Crippen molar-refractivity contribution in [2.75, 3.05) is 14.1 Å². The highest BCUT2D eigenvalue weighted by atomic mass is 15.4. The lowest BCUT2D eigenvalue weighted by molar-refractivity contribution is 0.440. The van der Waals surface area contributed by atoms with E-state index in [1.54, 1.807) is 11.2 Å². The highest BCUT2D eigenvalue weighted by Gasteiger charge is 1.94. The number of para-hydroxylation sites is 1. The predicted molar refractivity (Wildman–Crippen MR) is 63.0 cm³/mol. The Morgan fingerprint density at radius 3 is 2.73 bits per heavy atom. The van der Waals surface area contributed by atoms with E-state index in [0.29, 0.717) is 0 Å². The van der Waals surface area contributed by atoms with Crippen LogP contribution in [0.4, 0.5) is 0 Å². The maximum Gasteiger partial charge on any atom is 0.0837 e. The molecule has 0 bridgehead atoms. The molecule has 3 nitrogen and oxygen atoms in total. The van der Waals surface area contributed by atoms with Crippen LogP contribution in [0.25, 0.3) is 10.9 Å². The van der Waals surface area contributed by atoms with E-state index in [9.17, 15) is 0 Å². The second-order valence-corrected chi connectivity index (χ2v) is 3.52. The third kappa shape index (κ3) is 2.31. The zero-order chi connectivity index (χ0) is 10.7. The Bertz CT molecular complexity index is 489. The number of hydrogen-bond acceptors (Lipinski definition) is 3. The molecule has 2 rings (SSSR count). The molecule has 0 unspecified atom stereocenters. The maximum atomic E-state index is 4.47. The third-order valence-electron chi connectivity index (χ3n) is 2.04. The summed E-state index contributed by atoms with van der Waals surface area (Å²) in [6, 6.07) is 12.1. The number of benzene rings is 1. The topological polar surface area (TPSA) is 28.5 Å². The molecule has 1 aromatic carbocycles. The first-order chi connectivity index (χ1) is 7.25. The number of nitrogens with zero attached hydrogens (tertiary/aromatic N) is 3. The molecule has 0 radical (unpaired) electrons. The summed E-state index contributed by atoms with van der Waals surface area (Å²) in [5.74, 6) is 0. The van der Waals surface area contributed by atoms with Crippen molar-refractivity contribution in [1.29, 1.82) is 0 Å². The average Bonchev–Trinajstić information content (AvgIpc) is 2.26. The molecular weight excluding hydrogens is 186 g/mol. The van der Waals surface area contributed by atoms with Crippen molar-refractivity contribution in [3.63, 3.8) is 0 Å². The van der Waals surface area contributed by atoms with Gasteiger partial charge in [-0.15, -0.1) is 0 Å². The van der Waals surface area contributed by atoms with Crippen molar-refractivity contribution in [3.05, 3.63) is 42.1 Å². The lowest BCUT2D eigenvalue weighted by Crippen LogP contribution is -2.02. The Morgan fingerprint density at radius 1 is 1.13 bits per heavy atom. The largest absolute Gasteiger partial charge is 0.303 e. The van der Waals surface area contributed by atoms with Gasteiger partial charge >= 0.3 is 0 Å². The molecule has 0 saturated heterocycles. The van der Waals surface area contributed by atoms with Crippen LogP contribution in [0, 0.1) is 0 Å². The van der Waals surface area contributed by atoms with Crippen LogP contribution in [-0.2, 0) is 0 Å². The smallest absolute Gasteiger partial charge is 0.0837 e. The van der Waals surface area contributed by atoms with Crippen molar-refractivity contribution in [2.45, 2.75) is 0 Å². The highest BCUT2D eigenvalue weighted by molar-refractivity contribution is 5.84. The van der Waals surface area contributed by atoms with E-state index in [0.717, 1.165) is 16.6 Å². The van der Waals surface area contributed by atoms with E-state index in [-0.39, 0.29) is 0 Å². The van der Waals surface area contributed by atoms with Crippen LogP contribution < -0.4 is 0 Å². The second-order valence-electron chi connectivity index (χ2n) is 3.52. The summed E-state index contributed by atoms with van der Waals surface area (Å²) in [6.45, 7) is 0. The van der Waals surface area contributed by atoms with E-state index in [1.165, 1.54) is 0 Å². The molecule has 1 aromatic heterocycles. The van der Waals surface area contributed by atoms with Gasteiger partial charge < -0.3 is 5.01 Å². The second kappa shape index (κ2) is 4.09. The summed E-state index contributed by atoms with van der Waals surface area (Å²) >= 11 is 0. The molecular formula is C12H13N3. The Labute approximate surface area is 89.1 Å². The molecule has 15 heavy (non-hydrogen) atoms. The average molecular weight is 199 g/mol. The van der Waals surface area contributed by atoms with E-state index in [2.05, 4.69) is 22.2 Å². The Kier molecular flexibility index (Phi) is 2.63. The first-order valence-electron chi connectivity index (χ1n) is 4.83. The number of fused-ring (bicyclic) bond motifs is 1. The van der Waals surface area contributed by atoms with Gasteiger partial charge in [0.05, 0.1) is 17.4 Å². The van der Waals surface area contributed by atoms with Crippen LogP contribution in [0.15, 0.2) is 41.5 Å². The van der Waals surface area contributed by atoms with E-state index < -0.39 is 0 Å². The fraction of sp³-hybridized carbons (Fsp3) is 0.167. The van der Waals surface area contributed by atoms with Crippen molar-refractivity contribution >= 4 is 17.1 Å². The number of aromatic nitrogens is 1. The first-order valence-corrected chi connectivity index (χ1v) is 4.83. The highest BCUT2D eigenvalue weighted by Crippen LogP contribution is 2.10. The van der Waals surface area contributed by atoms with Gasteiger partial charge in [-0.1, -0.05) is 24.3 Å². The standard InChI is InChI=1S/C12H13N3/c1-15(2)13-9-11-8-7-10-5-3-4-6-12(10)14-11/h3-9H,1-2H3. The van der Waals surface area contributed by atoms with Crippen LogP contribution >= 0.6 is 0 Å². The summed E-state index contributed by atoms with van der Waals surface area (Å²) in [5.41, 5.74) is 1.88. The molecule has 0 aliphatic rings. The van der Waals surface area contributed by atoms with Gasteiger partial charge in [-0.05, 0) is 12.1 Å². The van der Waals surface area contributed by atoms with Gasteiger partial charge in [0.1, 0.15) is 0 Å². The minimum Gasteiger partial charge on any atom is -0.303 e. The molecule has 3 heteroatoms. The van der Waals surface area contributed by atoms with Crippen molar-refractivity contribution in [2.24, 2.45) is 5.10 Å². The normalized spacial score (nSPS) is 11.1. The fourth-order valence-electron chi connectivity index (χ4n) is 1.33. The van der Waals surface area contributed by atoms with Gasteiger partial charge in [-0.25, -0.2) is 4.98 Å². The molecule has 0 aliphatic heterocycles. The van der Waals surface area contributed by atoms with Gasteiger partial charge in [0.25, 0.3) is 0 Å². The lowest BCUT2D eigenvalue weighted by atomic mass is 10.2. The zero-order valence-electron chi connectivity index (χ0n) is 8.88. The van der Waals surface area contributed by atoms with Gasteiger partial charge in [0, 0.05) is 19.5 Å². The van der Waals surface area contributed by atoms with Crippen LogP contribution in [0.3, 0.4) is 0 Å². The summed E-state index contributed by atoms with van der Waals surface area (Å²) in [4.78, 5) is 4.47. The molecule has 0 fully saturated rings. The Morgan fingerprint density at radius 2 is 1.93 bits per heavy atom. The van der Waals surface area contributed by atoms with E-state index in [1.807, 2.05) is 38.4 Å². The molecule has 0 N–H and O–H groups in total. The van der Waals surface area contributed by atoms with Crippen molar-refractivity contribution < 1.29 is 0 Å². The lowest BCUT2D eigenvalue weighted by Gasteiger charge is -2.02. The van der Waals surface area contributed by atoms with Gasteiger partial charge in [0.15, 0.2) is 0 Å². The van der Waals surface area contributed by atoms with Gasteiger partial charge in [-0.2, -0.15) is 5.10 Å². The zero-order valence-corrected chi connectivity index (χ0v) is 8.88. The number of hydrazone groups is 1. The molecule has 76 valence electrons. The fourth-order valence-corrected chi connectivity index (χ4v) is 1.33. The van der Waals surface area contributed by atoms with Crippen LogP contribution in [-0.4, -0.2) is 30.3 Å². The van der Waals surface area contributed by atoms with Crippen LogP contribution in [0.5, 0.6) is 0 Å².